The number of aliphatic imine (C=N–C) groups is 1. The van der Waals surface area contributed by atoms with E-state index < -0.39 is 0 Å². The summed E-state index contributed by atoms with van der Waals surface area (Å²) >= 11 is 0. The van der Waals surface area contributed by atoms with Gasteiger partial charge in [-0.25, -0.2) is 4.98 Å². The van der Waals surface area contributed by atoms with Crippen LogP contribution in [0.2, 0.25) is 0 Å². The summed E-state index contributed by atoms with van der Waals surface area (Å²) < 4.78 is 0. The number of nitrogens with one attached hydrogen (secondary N) is 2. The van der Waals surface area contributed by atoms with E-state index in [0.717, 1.165) is 49.8 Å². The van der Waals surface area contributed by atoms with Gasteiger partial charge in [0.25, 0.3) is 0 Å². The predicted molar refractivity (Wildman–Crippen MR) is 101 cm³/mol. The van der Waals surface area contributed by atoms with Crippen LogP contribution in [0, 0.1) is 11.8 Å². The summed E-state index contributed by atoms with van der Waals surface area (Å²) in [6.07, 6.45) is 3.39. The van der Waals surface area contributed by atoms with Crippen LogP contribution in [0.1, 0.15) is 32.3 Å². The van der Waals surface area contributed by atoms with E-state index in [1.54, 1.807) is 7.05 Å². The Bertz CT molecular complexity index is 593. The number of amides is 1. The van der Waals surface area contributed by atoms with Gasteiger partial charge in [0, 0.05) is 50.9 Å². The van der Waals surface area contributed by atoms with Crippen molar-refractivity contribution in [1.29, 1.82) is 0 Å². The molecule has 0 saturated carbocycles. The van der Waals surface area contributed by atoms with Crippen LogP contribution in [-0.4, -0.2) is 43.5 Å². The quantitative estimate of drug-likeness (QED) is 0.530. The molecule has 1 saturated heterocycles. The highest BCUT2D eigenvalue weighted by Gasteiger charge is 2.24. The zero-order valence-electron chi connectivity index (χ0n) is 15.5. The molecule has 0 unspecified atom stereocenters. The fourth-order valence-corrected chi connectivity index (χ4v) is 2.93. The molecule has 0 aliphatic carbocycles. The Morgan fingerprint density at radius 2 is 2.12 bits per heavy atom. The molecule has 1 aliphatic heterocycles. The van der Waals surface area contributed by atoms with Crippen molar-refractivity contribution in [1.82, 2.24) is 15.6 Å². The van der Waals surface area contributed by atoms with Gasteiger partial charge in [0.2, 0.25) is 5.91 Å². The van der Waals surface area contributed by atoms with E-state index >= 15 is 0 Å². The van der Waals surface area contributed by atoms with Crippen LogP contribution in [0.25, 0.3) is 0 Å². The number of hydrogen-bond donors (Lipinski definition) is 3. The molecule has 1 fully saturated rings. The largest absolute Gasteiger partial charge is 0.369 e. The molecular formula is C18H30N6O. The van der Waals surface area contributed by atoms with Crippen molar-refractivity contribution in [3.05, 3.63) is 23.9 Å². The van der Waals surface area contributed by atoms with Crippen LogP contribution >= 0.6 is 0 Å². The zero-order chi connectivity index (χ0) is 18.2. The molecule has 25 heavy (non-hydrogen) atoms. The van der Waals surface area contributed by atoms with Gasteiger partial charge in [-0.15, -0.1) is 0 Å². The predicted octanol–water partition coefficient (Wildman–Crippen LogP) is 1.10. The second-order valence-corrected chi connectivity index (χ2v) is 6.85. The fraction of sp³-hybridized carbons (Fsp3) is 0.611. The van der Waals surface area contributed by atoms with Crippen LogP contribution in [0.5, 0.6) is 0 Å². The lowest BCUT2D eigenvalue weighted by Crippen LogP contribution is -2.41. The molecule has 2 heterocycles. The number of pyridine rings is 1. The first-order chi connectivity index (χ1) is 12.0. The Kier molecular flexibility index (Phi) is 7.03. The third-order valence-electron chi connectivity index (χ3n) is 4.41. The number of guanidine groups is 1. The molecule has 7 nitrogen and oxygen atoms in total. The molecule has 1 aromatic heterocycles. The number of carbonyl (C=O) groups is 1. The molecule has 0 aromatic carbocycles. The number of anilines is 1. The number of hydrogen-bond acceptors (Lipinski definition) is 4. The number of primary amides is 1. The summed E-state index contributed by atoms with van der Waals surface area (Å²) in [6.45, 7) is 7.46. The van der Waals surface area contributed by atoms with E-state index in [2.05, 4.69) is 45.4 Å². The molecule has 0 spiro atoms. The number of nitrogens with two attached hydrogens (primary N) is 1. The first-order valence-electron chi connectivity index (χ1n) is 8.94. The highest BCUT2D eigenvalue weighted by atomic mass is 16.1. The standard InChI is InChI=1S/C18H30N6O/c1-13(2)11-22-18(20-3)23-12-15-5-4-8-21-17(15)24-9-6-14(7-10-24)16(19)25/h4-5,8,13-14H,6-7,9-12H2,1-3H3,(H2,19,25)(H2,20,22,23). The third kappa shape index (κ3) is 5.62. The maximum atomic E-state index is 11.3. The second kappa shape index (κ2) is 9.25. The van der Waals surface area contributed by atoms with Crippen molar-refractivity contribution in [2.45, 2.75) is 33.2 Å². The van der Waals surface area contributed by atoms with Gasteiger partial charge in [0.05, 0.1) is 0 Å². The molecule has 1 aromatic rings. The normalized spacial score (nSPS) is 16.2. The molecule has 138 valence electrons. The van der Waals surface area contributed by atoms with Crippen LogP contribution in [0.15, 0.2) is 23.3 Å². The first-order valence-corrected chi connectivity index (χ1v) is 8.94. The summed E-state index contributed by atoms with van der Waals surface area (Å²) in [5.74, 6) is 2.11. The summed E-state index contributed by atoms with van der Waals surface area (Å²) in [5.41, 5.74) is 6.54. The minimum absolute atomic E-state index is 0.0133. The zero-order valence-corrected chi connectivity index (χ0v) is 15.5. The summed E-state index contributed by atoms with van der Waals surface area (Å²) in [4.78, 5) is 22.4. The Balaban J connectivity index is 1.97. The first kappa shape index (κ1) is 19.0. The highest BCUT2D eigenvalue weighted by molar-refractivity contribution is 5.79. The van der Waals surface area contributed by atoms with Crippen LogP contribution in [0.3, 0.4) is 0 Å². The number of piperidine rings is 1. The lowest BCUT2D eigenvalue weighted by atomic mass is 9.96. The van der Waals surface area contributed by atoms with Crippen LogP contribution < -0.4 is 21.3 Å². The second-order valence-electron chi connectivity index (χ2n) is 6.85. The van der Waals surface area contributed by atoms with Gasteiger partial charge in [0.15, 0.2) is 5.96 Å². The van der Waals surface area contributed by atoms with E-state index in [4.69, 9.17) is 5.73 Å². The van der Waals surface area contributed by atoms with Crippen LogP contribution in [0.4, 0.5) is 5.82 Å². The number of carbonyl (C=O) groups excluding carboxylic acids is 1. The van der Waals surface area contributed by atoms with E-state index in [0.29, 0.717) is 12.5 Å². The summed E-state index contributed by atoms with van der Waals surface area (Å²) in [5, 5.41) is 6.66. The van der Waals surface area contributed by atoms with Crippen molar-refractivity contribution in [3.63, 3.8) is 0 Å². The maximum absolute atomic E-state index is 11.3. The molecule has 0 bridgehead atoms. The Morgan fingerprint density at radius 1 is 1.40 bits per heavy atom. The Hall–Kier alpha value is -2.31. The average molecular weight is 346 g/mol. The molecule has 7 heteroatoms. The van der Waals surface area contributed by atoms with Gasteiger partial charge < -0.3 is 21.3 Å². The van der Waals surface area contributed by atoms with E-state index in [-0.39, 0.29) is 11.8 Å². The topological polar surface area (TPSA) is 95.6 Å². The van der Waals surface area contributed by atoms with Crippen molar-refractivity contribution in [2.75, 3.05) is 31.6 Å². The van der Waals surface area contributed by atoms with Crippen molar-refractivity contribution < 1.29 is 4.79 Å². The van der Waals surface area contributed by atoms with Crippen molar-refractivity contribution in [2.24, 2.45) is 22.6 Å². The molecule has 0 atom stereocenters. The molecular weight excluding hydrogens is 316 g/mol. The Morgan fingerprint density at radius 3 is 2.72 bits per heavy atom. The molecule has 0 radical (unpaired) electrons. The van der Waals surface area contributed by atoms with Gasteiger partial charge in [-0.3, -0.25) is 9.79 Å². The smallest absolute Gasteiger partial charge is 0.220 e. The highest BCUT2D eigenvalue weighted by Crippen LogP contribution is 2.24. The average Bonchev–Trinajstić information content (AvgIpc) is 2.62. The summed E-state index contributed by atoms with van der Waals surface area (Å²) in [7, 11) is 1.77. The minimum Gasteiger partial charge on any atom is -0.369 e. The molecule has 2 rings (SSSR count). The maximum Gasteiger partial charge on any atom is 0.220 e. The van der Waals surface area contributed by atoms with E-state index in [1.807, 2.05) is 12.3 Å². The monoisotopic (exact) mass is 346 g/mol. The minimum atomic E-state index is -0.192. The number of nitrogens with zero attached hydrogens (tertiary/aromatic N) is 3. The lowest BCUT2D eigenvalue weighted by Gasteiger charge is -2.32. The van der Waals surface area contributed by atoms with E-state index in [9.17, 15) is 4.79 Å². The SMILES string of the molecule is CN=C(NCc1cccnc1N1CCC(C(N)=O)CC1)NCC(C)C. The number of rotatable bonds is 6. The Labute approximate surface area is 150 Å². The van der Waals surface area contributed by atoms with Gasteiger partial charge in [-0.2, -0.15) is 0 Å². The van der Waals surface area contributed by atoms with Gasteiger partial charge in [-0.1, -0.05) is 19.9 Å². The van der Waals surface area contributed by atoms with Gasteiger partial charge in [-0.05, 0) is 24.8 Å². The van der Waals surface area contributed by atoms with Crippen molar-refractivity contribution in [3.8, 4) is 0 Å². The third-order valence-corrected chi connectivity index (χ3v) is 4.41. The molecule has 4 N–H and O–H groups in total. The van der Waals surface area contributed by atoms with Crippen LogP contribution in [-0.2, 0) is 11.3 Å². The molecule has 1 amide bonds. The fourth-order valence-electron chi connectivity index (χ4n) is 2.93. The van der Waals surface area contributed by atoms with E-state index in [1.165, 1.54) is 0 Å². The van der Waals surface area contributed by atoms with Crippen molar-refractivity contribution >= 4 is 17.7 Å². The molecule has 1 aliphatic rings. The van der Waals surface area contributed by atoms with Gasteiger partial charge >= 0.3 is 0 Å². The summed E-state index contributed by atoms with van der Waals surface area (Å²) in [6, 6.07) is 4.02. The van der Waals surface area contributed by atoms with Gasteiger partial charge in [0.1, 0.15) is 5.82 Å². The number of aromatic nitrogens is 1. The lowest BCUT2D eigenvalue weighted by molar-refractivity contribution is -0.122.